The van der Waals surface area contributed by atoms with Gasteiger partial charge in [-0.2, -0.15) is 0 Å². The van der Waals surface area contributed by atoms with E-state index in [9.17, 15) is 4.39 Å². The van der Waals surface area contributed by atoms with E-state index >= 15 is 0 Å². The highest BCUT2D eigenvalue weighted by atomic mass is 35.5. The van der Waals surface area contributed by atoms with Gasteiger partial charge in [0.25, 0.3) is 0 Å². The van der Waals surface area contributed by atoms with E-state index in [0.717, 1.165) is 5.56 Å². The number of aromatic nitrogens is 1. The number of benzene rings is 1. The molecule has 0 spiro atoms. The Bertz CT molecular complexity index is 470. The van der Waals surface area contributed by atoms with Crippen molar-refractivity contribution < 1.29 is 4.39 Å². The monoisotopic (exact) mass is 247 g/mol. The minimum Gasteiger partial charge on any atom is -0.225 e. The van der Waals surface area contributed by atoms with Crippen molar-refractivity contribution in [2.24, 2.45) is 0 Å². The van der Waals surface area contributed by atoms with Gasteiger partial charge in [0.1, 0.15) is 5.82 Å². The predicted molar refractivity (Wildman–Crippen MR) is 57.5 cm³/mol. The van der Waals surface area contributed by atoms with Gasteiger partial charge in [0, 0.05) is 10.9 Å². The van der Waals surface area contributed by atoms with Crippen LogP contribution in [0.3, 0.4) is 0 Å². The van der Waals surface area contributed by atoms with E-state index in [1.807, 2.05) is 0 Å². The molecule has 2 aromatic rings. The largest absolute Gasteiger partial charge is 0.225 e. The van der Waals surface area contributed by atoms with Crippen molar-refractivity contribution in [2.45, 2.75) is 0 Å². The van der Waals surface area contributed by atoms with Crippen LogP contribution in [-0.4, -0.2) is 4.98 Å². The van der Waals surface area contributed by atoms with Crippen molar-refractivity contribution >= 4 is 34.5 Å². The minimum absolute atomic E-state index is 0.0895. The lowest BCUT2D eigenvalue weighted by molar-refractivity contribution is 0.628. The average Bonchev–Trinajstić information content (AvgIpc) is 2.57. The van der Waals surface area contributed by atoms with E-state index in [2.05, 4.69) is 4.98 Å². The molecule has 0 radical (unpaired) electrons. The molecule has 0 saturated carbocycles. The highest BCUT2D eigenvalue weighted by Gasteiger charge is 2.05. The second-order valence-corrected chi connectivity index (χ2v) is 4.46. The van der Waals surface area contributed by atoms with Crippen molar-refractivity contribution in [3.8, 4) is 11.3 Å². The number of rotatable bonds is 1. The van der Waals surface area contributed by atoms with Crippen molar-refractivity contribution in [3.05, 3.63) is 38.9 Å². The Labute approximate surface area is 94.1 Å². The summed E-state index contributed by atoms with van der Waals surface area (Å²) < 4.78 is 13.3. The third-order valence-electron chi connectivity index (χ3n) is 1.69. The van der Waals surface area contributed by atoms with E-state index in [1.54, 1.807) is 11.4 Å². The van der Waals surface area contributed by atoms with Crippen LogP contribution in [0, 0.1) is 5.82 Å². The fraction of sp³-hybridized carbons (Fsp3) is 0. The van der Waals surface area contributed by atoms with Crippen LogP contribution >= 0.6 is 34.5 Å². The maximum Gasteiger partial charge on any atom is 0.184 e. The normalized spacial score (nSPS) is 10.5. The number of thiazole rings is 1. The summed E-state index contributed by atoms with van der Waals surface area (Å²) in [4.78, 5) is 4.05. The van der Waals surface area contributed by atoms with Gasteiger partial charge in [0.2, 0.25) is 0 Å². The topological polar surface area (TPSA) is 12.9 Å². The van der Waals surface area contributed by atoms with E-state index in [-0.39, 0.29) is 5.02 Å². The minimum atomic E-state index is -0.434. The summed E-state index contributed by atoms with van der Waals surface area (Å²) in [6, 6.07) is 4.46. The Kier molecular flexibility index (Phi) is 2.72. The third kappa shape index (κ3) is 1.90. The zero-order valence-corrected chi connectivity index (χ0v) is 9.13. The lowest BCUT2D eigenvalue weighted by atomic mass is 10.2. The zero-order valence-electron chi connectivity index (χ0n) is 6.80. The van der Waals surface area contributed by atoms with E-state index in [4.69, 9.17) is 23.2 Å². The van der Waals surface area contributed by atoms with Gasteiger partial charge in [0.05, 0.1) is 10.7 Å². The highest BCUT2D eigenvalue weighted by molar-refractivity contribution is 7.14. The molecule has 0 unspecified atom stereocenters. The Balaban J connectivity index is 2.47. The number of nitrogens with zero attached hydrogens (tertiary/aromatic N) is 1. The Morgan fingerprint density at radius 2 is 2.07 bits per heavy atom. The van der Waals surface area contributed by atoms with Crippen LogP contribution in [0.25, 0.3) is 11.3 Å². The first-order chi connectivity index (χ1) is 6.66. The first kappa shape index (κ1) is 9.90. The summed E-state index contributed by atoms with van der Waals surface area (Å²) in [5.41, 5.74) is 1.47. The van der Waals surface area contributed by atoms with Crippen molar-refractivity contribution in [1.82, 2.24) is 4.98 Å². The van der Waals surface area contributed by atoms with Crippen LogP contribution in [0.1, 0.15) is 0 Å². The molecule has 0 atom stereocenters. The number of hydrogen-bond acceptors (Lipinski definition) is 2. The predicted octanol–water partition coefficient (Wildman–Crippen LogP) is 4.26. The molecular formula is C9H4Cl2FNS. The molecule has 0 aliphatic heterocycles. The summed E-state index contributed by atoms with van der Waals surface area (Å²) in [6.07, 6.45) is 0. The molecule has 72 valence electrons. The molecule has 5 heteroatoms. The second-order valence-electron chi connectivity index (χ2n) is 2.61. The van der Waals surface area contributed by atoms with E-state index in [0.29, 0.717) is 10.2 Å². The van der Waals surface area contributed by atoms with Crippen LogP contribution in [0.4, 0.5) is 4.39 Å². The van der Waals surface area contributed by atoms with Gasteiger partial charge in [-0.25, -0.2) is 9.37 Å². The molecule has 1 heterocycles. The smallest absolute Gasteiger partial charge is 0.184 e. The van der Waals surface area contributed by atoms with Gasteiger partial charge in [-0.05, 0) is 18.2 Å². The van der Waals surface area contributed by atoms with Crippen LogP contribution in [0.15, 0.2) is 23.6 Å². The van der Waals surface area contributed by atoms with Gasteiger partial charge >= 0.3 is 0 Å². The summed E-state index contributed by atoms with van der Waals surface area (Å²) in [5, 5.41) is 1.89. The molecule has 0 bridgehead atoms. The highest BCUT2D eigenvalue weighted by Crippen LogP contribution is 2.27. The maximum absolute atomic E-state index is 12.8. The summed E-state index contributed by atoms with van der Waals surface area (Å²) in [7, 11) is 0. The van der Waals surface area contributed by atoms with Gasteiger partial charge in [-0.3, -0.25) is 0 Å². The lowest BCUT2D eigenvalue weighted by Crippen LogP contribution is -1.80. The Hall–Kier alpha value is -0.640. The molecule has 1 nitrogen and oxygen atoms in total. The van der Waals surface area contributed by atoms with Crippen molar-refractivity contribution in [3.63, 3.8) is 0 Å². The van der Waals surface area contributed by atoms with Gasteiger partial charge in [-0.15, -0.1) is 11.3 Å². The standard InChI is InChI=1S/C9H4Cl2FNS/c10-6-3-5(1-2-7(6)12)8-4-14-9(11)13-8/h1-4H. The molecule has 14 heavy (non-hydrogen) atoms. The molecule has 1 aromatic carbocycles. The number of hydrogen-bond donors (Lipinski definition) is 0. The molecule has 0 N–H and O–H groups in total. The van der Waals surface area contributed by atoms with Crippen LogP contribution < -0.4 is 0 Å². The molecule has 0 amide bonds. The van der Waals surface area contributed by atoms with Crippen molar-refractivity contribution in [1.29, 1.82) is 0 Å². The molecule has 0 aliphatic rings. The van der Waals surface area contributed by atoms with Gasteiger partial charge < -0.3 is 0 Å². The molecule has 2 rings (SSSR count). The van der Waals surface area contributed by atoms with E-state index in [1.165, 1.54) is 23.5 Å². The summed E-state index contributed by atoms with van der Waals surface area (Å²) in [5.74, 6) is -0.434. The quantitative estimate of drug-likeness (QED) is 0.734. The fourth-order valence-electron chi connectivity index (χ4n) is 1.04. The van der Waals surface area contributed by atoms with Crippen LogP contribution in [0.2, 0.25) is 9.49 Å². The molecule has 1 aromatic heterocycles. The fourth-order valence-corrected chi connectivity index (χ4v) is 1.99. The molecule has 0 saturated heterocycles. The lowest BCUT2D eigenvalue weighted by Gasteiger charge is -1.97. The molecular weight excluding hydrogens is 244 g/mol. The first-order valence-corrected chi connectivity index (χ1v) is 5.37. The zero-order chi connectivity index (χ0) is 10.1. The second kappa shape index (κ2) is 3.85. The molecule has 0 fully saturated rings. The Morgan fingerprint density at radius 1 is 1.29 bits per heavy atom. The summed E-state index contributed by atoms with van der Waals surface area (Å²) in [6.45, 7) is 0. The van der Waals surface area contributed by atoms with Crippen LogP contribution in [-0.2, 0) is 0 Å². The third-order valence-corrected chi connectivity index (χ3v) is 2.96. The van der Waals surface area contributed by atoms with E-state index < -0.39 is 5.82 Å². The van der Waals surface area contributed by atoms with Crippen LogP contribution in [0.5, 0.6) is 0 Å². The summed E-state index contributed by atoms with van der Waals surface area (Å²) >= 11 is 12.6. The molecule has 0 aliphatic carbocycles. The Morgan fingerprint density at radius 3 is 2.64 bits per heavy atom. The maximum atomic E-state index is 12.8. The van der Waals surface area contributed by atoms with Gasteiger partial charge in [0.15, 0.2) is 4.47 Å². The first-order valence-electron chi connectivity index (χ1n) is 3.73. The van der Waals surface area contributed by atoms with Gasteiger partial charge in [-0.1, -0.05) is 23.2 Å². The SMILES string of the molecule is Fc1ccc(-c2csc(Cl)n2)cc1Cl. The van der Waals surface area contributed by atoms with Crippen molar-refractivity contribution in [2.75, 3.05) is 0 Å². The average molecular weight is 248 g/mol. The number of halogens is 3.